The summed E-state index contributed by atoms with van der Waals surface area (Å²) in [6.07, 6.45) is 2.28. The second-order valence-electron chi connectivity index (χ2n) is 2.05. The fourth-order valence-corrected chi connectivity index (χ4v) is 2.13. The van der Waals surface area contributed by atoms with Gasteiger partial charge in [-0.15, -0.1) is 0 Å². The number of hydrogen-bond acceptors (Lipinski definition) is 2. The van der Waals surface area contributed by atoms with Gasteiger partial charge in [-0.3, -0.25) is 0 Å². The van der Waals surface area contributed by atoms with E-state index in [4.69, 9.17) is 9.79 Å². The highest BCUT2D eigenvalue weighted by atomic mass is 31.2. The summed E-state index contributed by atoms with van der Waals surface area (Å²) in [6, 6.07) is 0. The molecule has 1 aliphatic heterocycles. The van der Waals surface area contributed by atoms with Crippen molar-refractivity contribution < 1.29 is 9.79 Å². The molecule has 3 heteroatoms. The first kappa shape index (κ1) is 6.09. The van der Waals surface area contributed by atoms with Crippen molar-refractivity contribution in [1.29, 1.82) is 0 Å². The minimum atomic E-state index is -2.57. The summed E-state index contributed by atoms with van der Waals surface area (Å²) in [5.74, 6) is 1.55. The van der Waals surface area contributed by atoms with Crippen molar-refractivity contribution in [3.05, 3.63) is 11.6 Å². The number of allylic oxidation sites excluding steroid dienone is 2. The van der Waals surface area contributed by atoms with Crippen molar-refractivity contribution in [2.75, 3.05) is 6.16 Å². The molecule has 0 saturated carbocycles. The molecule has 0 amide bonds. The topological polar surface area (TPSA) is 40.5 Å². The van der Waals surface area contributed by atoms with E-state index in [9.17, 15) is 0 Å². The molecule has 0 aromatic heterocycles. The van der Waals surface area contributed by atoms with E-state index in [2.05, 4.69) is 0 Å². The lowest BCUT2D eigenvalue weighted by atomic mass is 10.3. The summed E-state index contributed by atoms with van der Waals surface area (Å²) in [5.41, 5.74) is 0.989. The molecule has 0 unspecified atom stereocenters. The zero-order valence-corrected chi connectivity index (χ0v) is 5.60. The molecular formula is C5H9O2P. The third kappa shape index (κ3) is 1.22. The Morgan fingerprint density at radius 2 is 2.25 bits per heavy atom. The van der Waals surface area contributed by atoms with Gasteiger partial charge in [0.05, 0.1) is 0 Å². The van der Waals surface area contributed by atoms with E-state index in [-0.39, 0.29) is 0 Å². The lowest BCUT2D eigenvalue weighted by molar-refractivity contribution is 0.481. The molecule has 2 N–H and O–H groups in total. The Morgan fingerprint density at radius 1 is 1.62 bits per heavy atom. The smallest absolute Gasteiger partial charge is 0.123 e. The molecule has 1 aliphatic rings. The molecule has 0 aromatic rings. The molecule has 1 rings (SSSR count). The first-order valence-corrected chi connectivity index (χ1v) is 4.41. The summed E-state index contributed by atoms with van der Waals surface area (Å²) in [5, 5.41) is 0. The Kier molecular flexibility index (Phi) is 1.31. The lowest BCUT2D eigenvalue weighted by Gasteiger charge is -2.01. The van der Waals surface area contributed by atoms with Crippen LogP contribution in [0.5, 0.6) is 0 Å². The first-order chi connectivity index (χ1) is 3.60. The molecule has 0 radical (unpaired) electrons. The van der Waals surface area contributed by atoms with Crippen LogP contribution in [0.3, 0.4) is 0 Å². The van der Waals surface area contributed by atoms with Crippen molar-refractivity contribution >= 4 is 13.1 Å². The van der Waals surface area contributed by atoms with Crippen LogP contribution < -0.4 is 0 Å². The van der Waals surface area contributed by atoms with Crippen LogP contribution in [-0.4, -0.2) is 21.7 Å². The second-order valence-corrected chi connectivity index (χ2v) is 4.24. The molecular weight excluding hydrogens is 123 g/mol. The Hall–Kier alpha value is -0.0400. The van der Waals surface area contributed by atoms with Gasteiger partial charge in [-0.25, -0.2) is 0 Å². The average molecular weight is 132 g/mol. The maximum Gasteiger partial charge on any atom is 0.123 e. The van der Waals surface area contributed by atoms with E-state index in [1.807, 2.05) is 13.0 Å². The molecule has 0 bridgehead atoms. The van der Waals surface area contributed by atoms with E-state index in [0.29, 0.717) is 6.16 Å². The van der Waals surface area contributed by atoms with Crippen LogP contribution in [0.4, 0.5) is 0 Å². The quantitative estimate of drug-likeness (QED) is 0.473. The van der Waals surface area contributed by atoms with Crippen molar-refractivity contribution in [3.63, 3.8) is 0 Å². The number of hydrogen-bond donors (Lipinski definition) is 2. The zero-order chi connectivity index (χ0) is 6.20. The van der Waals surface area contributed by atoms with Gasteiger partial charge >= 0.3 is 0 Å². The van der Waals surface area contributed by atoms with Gasteiger partial charge in [0.2, 0.25) is 0 Å². The summed E-state index contributed by atoms with van der Waals surface area (Å²) in [4.78, 5) is 17.8. The largest absolute Gasteiger partial charge is 0.353 e. The molecule has 0 saturated heterocycles. The third-order valence-electron chi connectivity index (χ3n) is 1.09. The zero-order valence-electron chi connectivity index (χ0n) is 4.70. The van der Waals surface area contributed by atoms with Crippen LogP contribution >= 0.6 is 7.34 Å². The molecule has 0 aromatic carbocycles. The van der Waals surface area contributed by atoms with Crippen molar-refractivity contribution in [3.8, 4) is 0 Å². The van der Waals surface area contributed by atoms with Gasteiger partial charge in [0.15, 0.2) is 0 Å². The average Bonchev–Trinajstić information content (AvgIpc) is 1.82. The molecule has 46 valence electrons. The molecule has 0 atom stereocenters. The monoisotopic (exact) mass is 132 g/mol. The molecule has 1 heterocycles. The summed E-state index contributed by atoms with van der Waals surface area (Å²) in [7, 11) is -2.57. The minimum Gasteiger partial charge on any atom is -0.353 e. The molecule has 0 aliphatic carbocycles. The van der Waals surface area contributed by atoms with Crippen LogP contribution in [0.25, 0.3) is 0 Å². The summed E-state index contributed by atoms with van der Waals surface area (Å²) >= 11 is 0. The van der Waals surface area contributed by atoms with Crippen LogP contribution in [0.15, 0.2) is 11.6 Å². The van der Waals surface area contributed by atoms with Crippen molar-refractivity contribution in [2.45, 2.75) is 6.92 Å². The predicted molar refractivity (Wildman–Crippen MR) is 36.0 cm³/mol. The maximum absolute atomic E-state index is 8.92. The highest BCUT2D eigenvalue weighted by Gasteiger charge is 2.11. The Balaban J connectivity index is 2.85. The Labute approximate surface area is 48.6 Å². The summed E-state index contributed by atoms with van der Waals surface area (Å²) < 4.78 is 0. The fourth-order valence-electron chi connectivity index (χ4n) is 0.710. The molecule has 8 heavy (non-hydrogen) atoms. The summed E-state index contributed by atoms with van der Waals surface area (Å²) in [6.45, 7) is 1.87. The maximum atomic E-state index is 8.92. The second kappa shape index (κ2) is 1.73. The van der Waals surface area contributed by atoms with E-state index >= 15 is 0 Å². The van der Waals surface area contributed by atoms with Crippen LogP contribution in [-0.2, 0) is 0 Å². The molecule has 2 nitrogen and oxygen atoms in total. The van der Waals surface area contributed by atoms with Gasteiger partial charge in [0, 0.05) is 6.16 Å². The molecule has 0 fully saturated rings. The van der Waals surface area contributed by atoms with Crippen molar-refractivity contribution in [1.82, 2.24) is 0 Å². The van der Waals surface area contributed by atoms with Gasteiger partial charge in [-0.2, -0.15) is 0 Å². The lowest BCUT2D eigenvalue weighted by Crippen LogP contribution is -1.78. The van der Waals surface area contributed by atoms with E-state index in [1.165, 1.54) is 0 Å². The standard InChI is InChI=1S/C5H9O2P/c1-5-2-3-8(6,7)4-5/h2,4,6-7H,3H2,1H3. The van der Waals surface area contributed by atoms with Gasteiger partial charge < -0.3 is 9.79 Å². The van der Waals surface area contributed by atoms with E-state index in [1.54, 1.807) is 5.80 Å². The first-order valence-electron chi connectivity index (χ1n) is 2.46. The van der Waals surface area contributed by atoms with Gasteiger partial charge in [-0.1, -0.05) is 11.6 Å². The van der Waals surface area contributed by atoms with Crippen molar-refractivity contribution in [2.24, 2.45) is 0 Å². The van der Waals surface area contributed by atoms with Crippen LogP contribution in [0.2, 0.25) is 0 Å². The fraction of sp³-hybridized carbons (Fsp3) is 0.400. The van der Waals surface area contributed by atoms with Gasteiger partial charge in [-0.05, 0) is 12.7 Å². The predicted octanol–water partition coefficient (Wildman–Crippen LogP) is 0.581. The van der Waals surface area contributed by atoms with Crippen LogP contribution in [0, 0.1) is 0 Å². The van der Waals surface area contributed by atoms with Crippen LogP contribution in [0.1, 0.15) is 6.92 Å². The normalized spacial score (nSPS) is 24.6. The minimum absolute atomic E-state index is 0.443. The molecule has 0 spiro atoms. The van der Waals surface area contributed by atoms with Gasteiger partial charge in [0.1, 0.15) is 7.34 Å². The van der Waals surface area contributed by atoms with E-state index < -0.39 is 7.34 Å². The highest BCUT2D eigenvalue weighted by Crippen LogP contribution is 2.40. The highest BCUT2D eigenvalue weighted by molar-refractivity contribution is 7.65. The number of rotatable bonds is 0. The third-order valence-corrected chi connectivity index (χ3v) is 2.63. The van der Waals surface area contributed by atoms with Gasteiger partial charge in [0.25, 0.3) is 0 Å². The Morgan fingerprint density at radius 3 is 2.38 bits per heavy atom. The SMILES string of the molecule is CC1=CCP(O)(O)=C1. The Bertz CT molecular complexity index is 175. The van der Waals surface area contributed by atoms with E-state index in [0.717, 1.165) is 5.57 Å².